The molecule has 0 bridgehead atoms. The van der Waals surface area contributed by atoms with E-state index in [4.69, 9.17) is 0 Å². The first kappa shape index (κ1) is 28.1. The maximum atomic E-state index is 14.1. The first-order valence-corrected chi connectivity index (χ1v) is 14.5. The minimum absolute atomic E-state index is 0.0103. The molecule has 4 amide bonds. The molecule has 0 radical (unpaired) electrons. The SMILES string of the molecule is C=CCN(C(=O)NCc1ccccc1)N1CC(=O)N2[C@@H](Cc3ccccc3)C(=O)N(Cc3ccc4cccnc4c3)C[C@@H]21. The van der Waals surface area contributed by atoms with Crippen molar-refractivity contribution in [2.45, 2.75) is 31.7 Å². The van der Waals surface area contributed by atoms with Gasteiger partial charge in [-0.1, -0.05) is 84.9 Å². The van der Waals surface area contributed by atoms with Crippen LogP contribution in [0.3, 0.4) is 0 Å². The number of hydrazine groups is 1. The highest BCUT2D eigenvalue weighted by Gasteiger charge is 2.52. The lowest BCUT2D eigenvalue weighted by atomic mass is 10.00. The average molecular weight is 575 g/mol. The number of amides is 4. The molecular formula is C34H34N6O3. The molecule has 3 heterocycles. The number of piperazine rings is 1. The molecule has 218 valence electrons. The molecule has 6 rings (SSSR count). The van der Waals surface area contributed by atoms with Crippen LogP contribution in [0.5, 0.6) is 0 Å². The summed E-state index contributed by atoms with van der Waals surface area (Å²) in [7, 11) is 0. The van der Waals surface area contributed by atoms with E-state index in [1.54, 1.807) is 27.1 Å². The fourth-order valence-corrected chi connectivity index (χ4v) is 5.95. The summed E-state index contributed by atoms with van der Waals surface area (Å²) in [6.07, 6.45) is 3.27. The number of pyridine rings is 1. The van der Waals surface area contributed by atoms with Gasteiger partial charge in [0.2, 0.25) is 11.8 Å². The summed E-state index contributed by atoms with van der Waals surface area (Å²) in [6.45, 7) is 5.03. The van der Waals surface area contributed by atoms with Crippen LogP contribution in [-0.4, -0.2) is 74.5 Å². The molecule has 2 atom stereocenters. The summed E-state index contributed by atoms with van der Waals surface area (Å²) < 4.78 is 0. The van der Waals surface area contributed by atoms with Crippen molar-refractivity contribution < 1.29 is 14.4 Å². The van der Waals surface area contributed by atoms with Gasteiger partial charge >= 0.3 is 6.03 Å². The first-order valence-electron chi connectivity index (χ1n) is 14.5. The zero-order valence-electron chi connectivity index (χ0n) is 23.9. The molecule has 3 aromatic carbocycles. The van der Waals surface area contributed by atoms with Crippen LogP contribution in [0.4, 0.5) is 4.79 Å². The van der Waals surface area contributed by atoms with E-state index in [0.29, 0.717) is 19.5 Å². The highest BCUT2D eigenvalue weighted by molar-refractivity contribution is 5.92. The largest absolute Gasteiger partial charge is 0.333 e. The Labute approximate surface area is 251 Å². The van der Waals surface area contributed by atoms with Gasteiger partial charge in [-0.2, -0.15) is 5.01 Å². The van der Waals surface area contributed by atoms with Gasteiger partial charge < -0.3 is 15.1 Å². The highest BCUT2D eigenvalue weighted by atomic mass is 16.2. The van der Waals surface area contributed by atoms with Crippen LogP contribution >= 0.6 is 0 Å². The van der Waals surface area contributed by atoms with Crippen LogP contribution in [0.15, 0.2) is 110 Å². The van der Waals surface area contributed by atoms with Crippen LogP contribution in [-0.2, 0) is 29.1 Å². The van der Waals surface area contributed by atoms with Gasteiger partial charge in [0, 0.05) is 31.1 Å². The molecule has 43 heavy (non-hydrogen) atoms. The standard InChI is InChI=1S/C34H34N6O3/c1-2-18-38(34(43)36-21-26-12-7-4-8-13-26)39-24-32(41)40-30(20-25-10-5-3-6-11-25)33(42)37(23-31(39)40)22-27-15-16-28-14-9-17-35-29(28)19-27/h2-17,19,30-31H,1,18,20-24H2,(H,36,43)/t30-,31+/m0/s1. The lowest BCUT2D eigenvalue weighted by Gasteiger charge is -2.46. The Balaban J connectivity index is 1.29. The van der Waals surface area contributed by atoms with E-state index < -0.39 is 12.2 Å². The summed E-state index contributed by atoms with van der Waals surface area (Å²) in [5.41, 5.74) is 3.74. The number of rotatable bonds is 9. The van der Waals surface area contributed by atoms with E-state index in [1.165, 1.54) is 5.01 Å². The molecule has 1 aromatic heterocycles. The molecule has 0 saturated carbocycles. The van der Waals surface area contributed by atoms with Gasteiger partial charge in [0.25, 0.3) is 0 Å². The number of fused-ring (bicyclic) bond motifs is 2. The second-order valence-electron chi connectivity index (χ2n) is 10.8. The van der Waals surface area contributed by atoms with Crippen LogP contribution in [0.25, 0.3) is 10.9 Å². The summed E-state index contributed by atoms with van der Waals surface area (Å²) in [5, 5.41) is 7.32. The number of benzene rings is 3. The van der Waals surface area contributed by atoms with Gasteiger partial charge in [0.15, 0.2) is 0 Å². The molecule has 0 spiro atoms. The van der Waals surface area contributed by atoms with Gasteiger partial charge in [-0.25, -0.2) is 4.79 Å². The average Bonchev–Trinajstić information content (AvgIpc) is 3.36. The predicted octanol–water partition coefficient (Wildman–Crippen LogP) is 3.97. The molecular weight excluding hydrogens is 540 g/mol. The van der Waals surface area contributed by atoms with Crippen LogP contribution in [0.2, 0.25) is 0 Å². The maximum Gasteiger partial charge on any atom is 0.332 e. The smallest absolute Gasteiger partial charge is 0.332 e. The van der Waals surface area contributed by atoms with Crippen molar-refractivity contribution in [1.82, 2.24) is 30.1 Å². The van der Waals surface area contributed by atoms with Crippen molar-refractivity contribution in [3.05, 3.63) is 127 Å². The van der Waals surface area contributed by atoms with Crippen molar-refractivity contribution >= 4 is 28.7 Å². The summed E-state index contributed by atoms with van der Waals surface area (Å²) in [5.74, 6) is -0.293. The monoisotopic (exact) mass is 574 g/mol. The first-order chi connectivity index (χ1) is 21.0. The molecule has 0 aliphatic carbocycles. The van der Waals surface area contributed by atoms with E-state index in [0.717, 1.165) is 27.6 Å². The maximum absolute atomic E-state index is 14.1. The third-order valence-electron chi connectivity index (χ3n) is 8.02. The lowest BCUT2D eigenvalue weighted by molar-refractivity contribution is -0.157. The minimum atomic E-state index is -0.699. The normalized spacial score (nSPS) is 18.5. The predicted molar refractivity (Wildman–Crippen MR) is 164 cm³/mol. The number of hydrogen-bond donors (Lipinski definition) is 1. The van der Waals surface area contributed by atoms with Crippen molar-refractivity contribution in [3.63, 3.8) is 0 Å². The van der Waals surface area contributed by atoms with Crippen molar-refractivity contribution in [3.8, 4) is 0 Å². The number of nitrogens with one attached hydrogen (secondary N) is 1. The van der Waals surface area contributed by atoms with Crippen LogP contribution in [0.1, 0.15) is 16.7 Å². The summed E-state index contributed by atoms with van der Waals surface area (Å²) in [6, 6.07) is 28.3. The van der Waals surface area contributed by atoms with Crippen LogP contribution < -0.4 is 5.32 Å². The zero-order chi connectivity index (χ0) is 29.8. The second-order valence-corrected chi connectivity index (χ2v) is 10.8. The fourth-order valence-electron chi connectivity index (χ4n) is 5.95. The Morgan fingerprint density at radius 1 is 0.953 bits per heavy atom. The van der Waals surface area contributed by atoms with E-state index in [9.17, 15) is 14.4 Å². The van der Waals surface area contributed by atoms with Crippen LogP contribution in [0, 0.1) is 0 Å². The van der Waals surface area contributed by atoms with E-state index in [-0.39, 0.29) is 37.5 Å². The Hall–Kier alpha value is -5.02. The van der Waals surface area contributed by atoms with E-state index >= 15 is 0 Å². The molecule has 2 aliphatic heterocycles. The molecule has 0 unspecified atom stereocenters. The van der Waals surface area contributed by atoms with Gasteiger partial charge in [0.1, 0.15) is 12.2 Å². The van der Waals surface area contributed by atoms with Crippen molar-refractivity contribution in [2.24, 2.45) is 0 Å². The molecule has 1 N–H and O–H groups in total. The number of nitrogens with zero attached hydrogens (tertiary/aromatic N) is 5. The number of carbonyl (C=O) groups excluding carboxylic acids is 3. The number of aromatic nitrogens is 1. The molecule has 2 aliphatic rings. The molecule has 2 fully saturated rings. The molecule has 9 nitrogen and oxygen atoms in total. The third-order valence-corrected chi connectivity index (χ3v) is 8.02. The highest BCUT2D eigenvalue weighted by Crippen LogP contribution is 2.30. The quantitative estimate of drug-likeness (QED) is 0.306. The topological polar surface area (TPSA) is 89.1 Å². The zero-order valence-corrected chi connectivity index (χ0v) is 23.9. The fraction of sp³-hybridized carbons (Fsp3) is 0.235. The number of carbonyl (C=O) groups is 3. The van der Waals surface area contributed by atoms with E-state index in [1.807, 2.05) is 91.0 Å². The summed E-state index contributed by atoms with van der Waals surface area (Å²) in [4.78, 5) is 49.2. The Morgan fingerprint density at radius 3 is 2.44 bits per heavy atom. The number of urea groups is 1. The second kappa shape index (κ2) is 12.5. The minimum Gasteiger partial charge on any atom is -0.333 e. The van der Waals surface area contributed by atoms with Gasteiger partial charge in [-0.3, -0.25) is 19.6 Å². The third kappa shape index (κ3) is 5.98. The Kier molecular flexibility index (Phi) is 8.15. The lowest BCUT2D eigenvalue weighted by Crippen LogP contribution is -2.66. The van der Waals surface area contributed by atoms with Gasteiger partial charge in [-0.15, -0.1) is 6.58 Å². The number of hydrogen-bond acceptors (Lipinski definition) is 5. The van der Waals surface area contributed by atoms with Crippen molar-refractivity contribution in [1.29, 1.82) is 0 Å². The molecule has 9 heteroatoms. The molecule has 2 saturated heterocycles. The van der Waals surface area contributed by atoms with Crippen molar-refractivity contribution in [2.75, 3.05) is 19.6 Å². The van der Waals surface area contributed by atoms with Gasteiger partial charge in [0.05, 0.1) is 25.2 Å². The van der Waals surface area contributed by atoms with Gasteiger partial charge in [-0.05, 0) is 28.8 Å². The Morgan fingerprint density at radius 2 is 1.70 bits per heavy atom. The summed E-state index contributed by atoms with van der Waals surface area (Å²) >= 11 is 0. The molecule has 4 aromatic rings. The van der Waals surface area contributed by atoms with E-state index in [2.05, 4.69) is 16.9 Å². The Bertz CT molecular complexity index is 1630.